The fourth-order valence-corrected chi connectivity index (χ4v) is 2.69. The number of hydrogen-bond acceptors (Lipinski definition) is 4. The molecule has 0 saturated heterocycles. The summed E-state index contributed by atoms with van der Waals surface area (Å²) in [6.07, 6.45) is 0.904. The highest BCUT2D eigenvalue weighted by Gasteiger charge is 2.06. The summed E-state index contributed by atoms with van der Waals surface area (Å²) in [5, 5.41) is 2.86. The lowest BCUT2D eigenvalue weighted by atomic mass is 10.3. The minimum absolute atomic E-state index is 0.0246. The molecule has 4 nitrogen and oxygen atoms in total. The maximum atomic E-state index is 11.9. The van der Waals surface area contributed by atoms with Gasteiger partial charge >= 0.3 is 0 Å². The van der Waals surface area contributed by atoms with E-state index in [1.54, 1.807) is 18.9 Å². The van der Waals surface area contributed by atoms with Crippen LogP contribution in [0.1, 0.15) is 6.42 Å². The molecule has 0 aromatic heterocycles. The van der Waals surface area contributed by atoms with E-state index in [9.17, 15) is 4.79 Å². The minimum atomic E-state index is -0.0246. The lowest BCUT2D eigenvalue weighted by Gasteiger charge is -2.09. The predicted molar refractivity (Wildman–Crippen MR) is 95.5 cm³/mol. The number of hydrogen-bond donors (Lipinski definition) is 1. The third kappa shape index (κ3) is 6.24. The number of ether oxygens (including phenoxy) is 2. The molecule has 0 fully saturated rings. The zero-order valence-corrected chi connectivity index (χ0v) is 14.0. The Balaban J connectivity index is 1.60. The van der Waals surface area contributed by atoms with Crippen molar-refractivity contribution >= 4 is 23.4 Å². The lowest BCUT2D eigenvalue weighted by molar-refractivity contribution is -0.113. The van der Waals surface area contributed by atoms with E-state index in [2.05, 4.69) is 5.32 Å². The summed E-state index contributed by atoms with van der Waals surface area (Å²) in [5.41, 5.74) is 0.702. The SMILES string of the molecule is COc1ccccc1NC(=O)CSCCCOc1ccccc1. The number of anilines is 1. The summed E-state index contributed by atoms with van der Waals surface area (Å²) in [5.74, 6) is 2.83. The molecule has 1 amide bonds. The quantitative estimate of drug-likeness (QED) is 0.709. The number of para-hydroxylation sites is 3. The number of amides is 1. The van der Waals surface area contributed by atoms with Crippen molar-refractivity contribution in [3.05, 3.63) is 54.6 Å². The van der Waals surface area contributed by atoms with Crippen molar-refractivity contribution in [2.24, 2.45) is 0 Å². The standard InChI is InChI=1S/C18H21NO3S/c1-21-17-11-6-5-10-16(17)19-18(20)14-23-13-7-12-22-15-8-3-2-4-9-15/h2-6,8-11H,7,12-14H2,1H3,(H,19,20). The van der Waals surface area contributed by atoms with Gasteiger partial charge in [0, 0.05) is 0 Å². The Kier molecular flexibility index (Phi) is 7.33. The van der Waals surface area contributed by atoms with E-state index in [4.69, 9.17) is 9.47 Å². The molecular weight excluding hydrogens is 310 g/mol. The second-order valence-corrected chi connectivity index (χ2v) is 5.92. The van der Waals surface area contributed by atoms with Gasteiger partial charge in [0.05, 0.1) is 25.2 Å². The number of carbonyl (C=O) groups excluding carboxylic acids is 1. The molecule has 0 spiro atoms. The highest BCUT2D eigenvalue weighted by Crippen LogP contribution is 2.23. The van der Waals surface area contributed by atoms with Crippen molar-refractivity contribution in [3.63, 3.8) is 0 Å². The molecule has 0 atom stereocenters. The number of carbonyl (C=O) groups is 1. The predicted octanol–water partition coefficient (Wildman–Crippen LogP) is 3.84. The number of thioether (sulfide) groups is 1. The average Bonchev–Trinajstić information content (AvgIpc) is 2.59. The number of methoxy groups -OCH3 is 1. The van der Waals surface area contributed by atoms with E-state index in [0.717, 1.165) is 17.9 Å². The maximum Gasteiger partial charge on any atom is 0.234 e. The van der Waals surface area contributed by atoms with Crippen LogP contribution < -0.4 is 14.8 Å². The second-order valence-electron chi connectivity index (χ2n) is 4.82. The number of benzene rings is 2. The summed E-state index contributed by atoms with van der Waals surface area (Å²) in [7, 11) is 1.59. The topological polar surface area (TPSA) is 47.6 Å². The molecule has 0 aliphatic carbocycles. The van der Waals surface area contributed by atoms with E-state index in [1.165, 1.54) is 0 Å². The van der Waals surface area contributed by atoms with Crippen molar-refractivity contribution in [3.8, 4) is 11.5 Å². The molecule has 0 bridgehead atoms. The zero-order chi connectivity index (χ0) is 16.3. The highest BCUT2D eigenvalue weighted by molar-refractivity contribution is 7.99. The van der Waals surface area contributed by atoms with Crippen LogP contribution in [0.3, 0.4) is 0 Å². The molecular formula is C18H21NO3S. The van der Waals surface area contributed by atoms with E-state index in [0.29, 0.717) is 23.8 Å². The first-order chi connectivity index (χ1) is 11.3. The van der Waals surface area contributed by atoms with Crippen molar-refractivity contribution in [2.75, 3.05) is 30.5 Å². The minimum Gasteiger partial charge on any atom is -0.495 e. The Morgan fingerprint density at radius 2 is 1.83 bits per heavy atom. The summed E-state index contributed by atoms with van der Waals surface area (Å²) in [6.45, 7) is 0.658. The summed E-state index contributed by atoms with van der Waals surface area (Å²) < 4.78 is 10.8. The average molecular weight is 331 g/mol. The van der Waals surface area contributed by atoms with Crippen LogP contribution in [0, 0.1) is 0 Å². The van der Waals surface area contributed by atoms with E-state index in [1.807, 2.05) is 54.6 Å². The monoisotopic (exact) mass is 331 g/mol. The van der Waals surface area contributed by atoms with Gasteiger partial charge in [-0.1, -0.05) is 30.3 Å². The summed E-state index contributed by atoms with van der Waals surface area (Å²) in [4.78, 5) is 11.9. The molecule has 0 radical (unpaired) electrons. The van der Waals surface area contributed by atoms with Gasteiger partial charge in [0.1, 0.15) is 11.5 Å². The van der Waals surface area contributed by atoms with Gasteiger partial charge in [0.15, 0.2) is 0 Å². The van der Waals surface area contributed by atoms with Crippen molar-refractivity contribution in [1.29, 1.82) is 0 Å². The van der Waals surface area contributed by atoms with Gasteiger partial charge in [-0.05, 0) is 36.4 Å². The molecule has 2 rings (SSSR count). The van der Waals surface area contributed by atoms with E-state index >= 15 is 0 Å². The number of rotatable bonds is 9. The fourth-order valence-electron chi connectivity index (χ4n) is 1.97. The molecule has 0 heterocycles. The van der Waals surface area contributed by atoms with Crippen LogP contribution in [-0.4, -0.2) is 31.1 Å². The smallest absolute Gasteiger partial charge is 0.234 e. The molecule has 1 N–H and O–H groups in total. The van der Waals surface area contributed by atoms with Crippen LogP contribution in [0.2, 0.25) is 0 Å². The Morgan fingerprint density at radius 3 is 2.61 bits per heavy atom. The van der Waals surface area contributed by atoms with Crippen LogP contribution in [0.5, 0.6) is 11.5 Å². The van der Waals surface area contributed by atoms with Gasteiger partial charge in [0.2, 0.25) is 5.91 Å². The second kappa shape index (κ2) is 9.79. The lowest BCUT2D eigenvalue weighted by Crippen LogP contribution is -2.15. The Bertz CT molecular complexity index is 604. The van der Waals surface area contributed by atoms with Gasteiger partial charge in [-0.15, -0.1) is 0 Å². The molecule has 0 aliphatic heterocycles. The largest absolute Gasteiger partial charge is 0.495 e. The van der Waals surface area contributed by atoms with Crippen molar-refractivity contribution in [2.45, 2.75) is 6.42 Å². The third-order valence-corrected chi connectivity index (χ3v) is 4.10. The van der Waals surface area contributed by atoms with Crippen LogP contribution in [0.15, 0.2) is 54.6 Å². The summed E-state index contributed by atoms with van der Waals surface area (Å²) >= 11 is 1.60. The Labute approximate surface area is 141 Å². The molecule has 5 heteroatoms. The summed E-state index contributed by atoms with van der Waals surface area (Å²) in [6, 6.07) is 17.1. The first kappa shape index (κ1) is 17.2. The Morgan fingerprint density at radius 1 is 1.09 bits per heavy atom. The molecule has 122 valence electrons. The molecule has 0 unspecified atom stereocenters. The third-order valence-electron chi connectivity index (χ3n) is 3.06. The van der Waals surface area contributed by atoms with Crippen molar-refractivity contribution in [1.82, 2.24) is 0 Å². The number of nitrogens with one attached hydrogen (secondary N) is 1. The van der Waals surface area contributed by atoms with Crippen LogP contribution in [0.25, 0.3) is 0 Å². The van der Waals surface area contributed by atoms with Crippen LogP contribution in [-0.2, 0) is 4.79 Å². The van der Waals surface area contributed by atoms with Gasteiger partial charge in [0.25, 0.3) is 0 Å². The molecule has 0 aliphatic rings. The van der Waals surface area contributed by atoms with Gasteiger partial charge in [-0.3, -0.25) is 4.79 Å². The van der Waals surface area contributed by atoms with Gasteiger partial charge in [-0.2, -0.15) is 11.8 Å². The van der Waals surface area contributed by atoms with E-state index < -0.39 is 0 Å². The molecule has 23 heavy (non-hydrogen) atoms. The molecule has 0 saturated carbocycles. The first-order valence-electron chi connectivity index (χ1n) is 7.48. The normalized spacial score (nSPS) is 10.1. The van der Waals surface area contributed by atoms with Crippen LogP contribution in [0.4, 0.5) is 5.69 Å². The van der Waals surface area contributed by atoms with Crippen LogP contribution >= 0.6 is 11.8 Å². The van der Waals surface area contributed by atoms with Gasteiger partial charge < -0.3 is 14.8 Å². The molecule has 2 aromatic rings. The highest BCUT2D eigenvalue weighted by atomic mass is 32.2. The Hall–Kier alpha value is -2.14. The molecule has 2 aromatic carbocycles. The fraction of sp³-hybridized carbons (Fsp3) is 0.278. The van der Waals surface area contributed by atoms with E-state index in [-0.39, 0.29) is 5.91 Å². The van der Waals surface area contributed by atoms with Gasteiger partial charge in [-0.25, -0.2) is 0 Å². The first-order valence-corrected chi connectivity index (χ1v) is 8.63. The zero-order valence-electron chi connectivity index (χ0n) is 13.2. The maximum absolute atomic E-state index is 11.9. The van der Waals surface area contributed by atoms with Crippen molar-refractivity contribution < 1.29 is 14.3 Å².